The summed E-state index contributed by atoms with van der Waals surface area (Å²) < 4.78 is 0. The summed E-state index contributed by atoms with van der Waals surface area (Å²) in [7, 11) is 0. The predicted octanol–water partition coefficient (Wildman–Crippen LogP) is 3.43. The fourth-order valence-corrected chi connectivity index (χ4v) is 2.93. The van der Waals surface area contributed by atoms with Crippen LogP contribution < -0.4 is 4.90 Å². The van der Waals surface area contributed by atoms with Crippen molar-refractivity contribution in [1.29, 1.82) is 0 Å². The fourth-order valence-electron chi connectivity index (χ4n) is 2.51. The van der Waals surface area contributed by atoms with Crippen LogP contribution in [-0.2, 0) is 6.42 Å². The van der Waals surface area contributed by atoms with E-state index in [1.807, 2.05) is 6.20 Å². The third-order valence-corrected chi connectivity index (χ3v) is 4.09. The third kappa shape index (κ3) is 3.50. The monoisotopic (exact) mass is 277 g/mol. The lowest BCUT2D eigenvalue weighted by molar-refractivity contribution is 0.865. The van der Waals surface area contributed by atoms with E-state index in [-0.39, 0.29) is 0 Å². The normalized spacial score (nSPS) is 17.4. The minimum absolute atomic E-state index is 0.893. The van der Waals surface area contributed by atoms with E-state index in [4.69, 9.17) is 4.98 Å². The molecule has 0 N–H and O–H groups in total. The van der Waals surface area contributed by atoms with Gasteiger partial charge in [0.1, 0.15) is 5.82 Å². The van der Waals surface area contributed by atoms with Gasteiger partial charge in [0.2, 0.25) is 0 Å². The summed E-state index contributed by atoms with van der Waals surface area (Å²) in [5.74, 6) is 1.17. The van der Waals surface area contributed by atoms with Crippen LogP contribution in [0.25, 0.3) is 0 Å². The van der Waals surface area contributed by atoms with Gasteiger partial charge in [0.05, 0.1) is 6.54 Å². The molecule has 2 rings (SSSR count). The Morgan fingerprint density at radius 2 is 2.26 bits per heavy atom. The molecule has 1 aliphatic heterocycles. The smallest absolute Gasteiger partial charge is 0.132 e. The van der Waals surface area contributed by atoms with Gasteiger partial charge < -0.3 is 4.90 Å². The number of pyridine rings is 1. The van der Waals surface area contributed by atoms with Crippen LogP contribution in [0.2, 0.25) is 0 Å². The van der Waals surface area contributed by atoms with Crippen LogP contribution in [0, 0.1) is 0 Å². The number of aromatic nitrogens is 1. The number of hydrogen-bond donors (Lipinski definition) is 0. The molecule has 0 aliphatic carbocycles. The Kier molecular flexibility index (Phi) is 5.25. The Morgan fingerprint density at radius 3 is 2.95 bits per heavy atom. The minimum Gasteiger partial charge on any atom is -0.350 e. The van der Waals surface area contributed by atoms with Gasteiger partial charge in [-0.15, -0.1) is 11.8 Å². The van der Waals surface area contributed by atoms with Crippen LogP contribution in [0.5, 0.6) is 0 Å². The van der Waals surface area contributed by atoms with Gasteiger partial charge in [0.25, 0.3) is 0 Å². The third-order valence-electron chi connectivity index (χ3n) is 3.40. The number of nitrogens with zero attached hydrogens (tertiary/aromatic N) is 3. The molecule has 1 aromatic heterocycles. The molecule has 1 fully saturated rings. The minimum atomic E-state index is 0.893. The van der Waals surface area contributed by atoms with E-state index in [1.54, 1.807) is 11.8 Å². The average Bonchev–Trinajstić information content (AvgIpc) is 2.88. The molecule has 0 amide bonds. The maximum absolute atomic E-state index is 4.69. The standard InChI is InChI=1S/C15H23N3S/c1-4-6-12-9-14(19-3)10-17-15(12)18-8-7-13(11-18)16-5-2/h9-10H,4-8,11H2,1-3H3. The van der Waals surface area contributed by atoms with Gasteiger partial charge in [-0.25, -0.2) is 4.98 Å². The van der Waals surface area contributed by atoms with Crippen molar-refractivity contribution in [2.45, 2.75) is 38.0 Å². The second-order valence-corrected chi connectivity index (χ2v) is 5.70. The summed E-state index contributed by atoms with van der Waals surface area (Å²) in [6.45, 7) is 7.23. The highest BCUT2D eigenvalue weighted by molar-refractivity contribution is 7.98. The Hall–Kier alpha value is -1.03. The maximum Gasteiger partial charge on any atom is 0.132 e. The molecule has 0 unspecified atom stereocenters. The van der Waals surface area contributed by atoms with Gasteiger partial charge in [-0.05, 0) is 31.2 Å². The molecule has 0 spiro atoms. The lowest BCUT2D eigenvalue weighted by Gasteiger charge is -2.20. The van der Waals surface area contributed by atoms with Crippen LogP contribution in [0.3, 0.4) is 0 Å². The first-order chi connectivity index (χ1) is 9.28. The molecule has 19 heavy (non-hydrogen) atoms. The van der Waals surface area contributed by atoms with E-state index in [0.29, 0.717) is 0 Å². The van der Waals surface area contributed by atoms with Crippen LogP contribution >= 0.6 is 11.8 Å². The van der Waals surface area contributed by atoms with E-state index in [9.17, 15) is 0 Å². The molecule has 0 radical (unpaired) electrons. The lowest BCUT2D eigenvalue weighted by atomic mass is 10.1. The molecule has 1 aliphatic rings. The fraction of sp³-hybridized carbons (Fsp3) is 0.600. The van der Waals surface area contributed by atoms with Crippen molar-refractivity contribution in [3.05, 3.63) is 17.8 Å². The number of aliphatic imine (C=N–C) groups is 1. The van der Waals surface area contributed by atoms with Crippen molar-refractivity contribution in [2.75, 3.05) is 30.8 Å². The first-order valence-corrected chi connectivity index (χ1v) is 8.31. The number of hydrogen-bond acceptors (Lipinski definition) is 4. The van der Waals surface area contributed by atoms with Gasteiger partial charge in [0, 0.05) is 36.3 Å². The summed E-state index contributed by atoms with van der Waals surface area (Å²) in [5, 5.41) is 0. The van der Waals surface area contributed by atoms with E-state index in [2.05, 4.69) is 36.1 Å². The quantitative estimate of drug-likeness (QED) is 0.772. The molecule has 1 saturated heterocycles. The summed E-state index contributed by atoms with van der Waals surface area (Å²) in [6.07, 6.45) is 7.46. The van der Waals surface area contributed by atoms with E-state index < -0.39 is 0 Å². The highest BCUT2D eigenvalue weighted by Gasteiger charge is 2.21. The number of rotatable bonds is 5. The lowest BCUT2D eigenvalue weighted by Crippen LogP contribution is -2.22. The highest BCUT2D eigenvalue weighted by atomic mass is 32.2. The molecule has 4 heteroatoms. The van der Waals surface area contributed by atoms with Crippen molar-refractivity contribution in [3.8, 4) is 0 Å². The molecule has 2 heterocycles. The number of thioether (sulfide) groups is 1. The molecule has 1 aromatic rings. The van der Waals surface area contributed by atoms with Crippen molar-refractivity contribution in [1.82, 2.24) is 4.98 Å². The molecule has 0 aromatic carbocycles. The topological polar surface area (TPSA) is 28.5 Å². The molecular weight excluding hydrogens is 254 g/mol. The van der Waals surface area contributed by atoms with Crippen LogP contribution in [0.4, 0.5) is 5.82 Å². The van der Waals surface area contributed by atoms with Gasteiger partial charge in [-0.3, -0.25) is 4.99 Å². The highest BCUT2D eigenvalue weighted by Crippen LogP contribution is 2.26. The van der Waals surface area contributed by atoms with Crippen molar-refractivity contribution < 1.29 is 0 Å². The van der Waals surface area contributed by atoms with Crippen LogP contribution in [0.15, 0.2) is 22.2 Å². The molecular formula is C15H23N3S. The summed E-state index contributed by atoms with van der Waals surface area (Å²) in [5.41, 5.74) is 2.70. The Morgan fingerprint density at radius 1 is 1.42 bits per heavy atom. The van der Waals surface area contributed by atoms with Crippen LogP contribution in [0.1, 0.15) is 32.3 Å². The summed E-state index contributed by atoms with van der Waals surface area (Å²) in [6, 6.07) is 2.30. The molecule has 104 valence electrons. The molecule has 0 bridgehead atoms. The Balaban J connectivity index is 2.22. The number of aryl methyl sites for hydroxylation is 1. The zero-order valence-corrected chi connectivity index (χ0v) is 13.0. The van der Waals surface area contributed by atoms with Gasteiger partial charge in [-0.1, -0.05) is 13.3 Å². The predicted molar refractivity (Wildman–Crippen MR) is 84.8 cm³/mol. The van der Waals surface area contributed by atoms with E-state index >= 15 is 0 Å². The van der Waals surface area contributed by atoms with Crippen molar-refractivity contribution in [2.24, 2.45) is 4.99 Å². The summed E-state index contributed by atoms with van der Waals surface area (Å²) >= 11 is 1.76. The Labute approximate surface area is 120 Å². The van der Waals surface area contributed by atoms with Gasteiger partial charge >= 0.3 is 0 Å². The van der Waals surface area contributed by atoms with E-state index in [0.717, 1.165) is 38.9 Å². The molecule has 0 saturated carbocycles. The van der Waals surface area contributed by atoms with Crippen molar-refractivity contribution in [3.63, 3.8) is 0 Å². The largest absolute Gasteiger partial charge is 0.350 e. The summed E-state index contributed by atoms with van der Waals surface area (Å²) in [4.78, 5) is 12.9. The molecule has 3 nitrogen and oxygen atoms in total. The average molecular weight is 277 g/mol. The van der Waals surface area contributed by atoms with Crippen molar-refractivity contribution >= 4 is 23.3 Å². The van der Waals surface area contributed by atoms with Crippen LogP contribution in [-0.4, -0.2) is 36.6 Å². The second kappa shape index (κ2) is 6.94. The number of anilines is 1. The molecule has 0 atom stereocenters. The second-order valence-electron chi connectivity index (χ2n) is 4.82. The first-order valence-electron chi connectivity index (χ1n) is 7.08. The first kappa shape index (κ1) is 14.4. The SMILES string of the molecule is CCCc1cc(SC)cnc1N1CCC(=NCC)C1. The van der Waals surface area contributed by atoms with E-state index in [1.165, 1.54) is 22.0 Å². The maximum atomic E-state index is 4.69. The zero-order valence-electron chi connectivity index (χ0n) is 12.1. The Bertz CT molecular complexity index is 457. The zero-order chi connectivity index (χ0) is 13.7. The van der Waals surface area contributed by atoms with Gasteiger partial charge in [0.15, 0.2) is 0 Å². The van der Waals surface area contributed by atoms with Gasteiger partial charge in [-0.2, -0.15) is 0 Å².